The molecule has 4 rings (SSSR count). The molecule has 1 N–H and O–H groups in total. The molecule has 27 heavy (non-hydrogen) atoms. The number of fused-ring (bicyclic) bond motifs is 1. The minimum Gasteiger partial charge on any atom is -0.467 e. The lowest BCUT2D eigenvalue weighted by molar-refractivity contribution is -0.142. The molecular formula is C21H17ClN2O3. The molecule has 2 heterocycles. The van der Waals surface area contributed by atoms with Gasteiger partial charge >= 0.3 is 0 Å². The molecule has 0 radical (unpaired) electrons. The second kappa shape index (κ2) is 7.78. The van der Waals surface area contributed by atoms with Gasteiger partial charge in [0.15, 0.2) is 12.9 Å². The maximum atomic E-state index is 13.1. The van der Waals surface area contributed by atoms with Crippen LogP contribution in [0.4, 0.5) is 0 Å². The fourth-order valence-corrected chi connectivity index (χ4v) is 3.22. The molecule has 136 valence electrons. The van der Waals surface area contributed by atoms with E-state index in [-0.39, 0.29) is 18.7 Å². The van der Waals surface area contributed by atoms with Gasteiger partial charge in [-0.2, -0.15) is 0 Å². The minimum absolute atomic E-state index is 0.0377. The van der Waals surface area contributed by atoms with Gasteiger partial charge in [0.25, 0.3) is 5.91 Å². The maximum Gasteiger partial charge on any atom is 0.254 e. The van der Waals surface area contributed by atoms with Gasteiger partial charge in [0.2, 0.25) is 0 Å². The van der Waals surface area contributed by atoms with Gasteiger partial charge in [-0.15, -0.1) is 0 Å². The molecule has 1 amide bonds. The Morgan fingerprint density at radius 3 is 2.52 bits per heavy atom. The number of carbonyl (C=O) groups excluding carboxylic acids is 1. The summed E-state index contributed by atoms with van der Waals surface area (Å²) < 4.78 is 11.1. The minimum atomic E-state index is -0.730. The highest BCUT2D eigenvalue weighted by atomic mass is 35.5. The Kier molecular flexibility index (Phi) is 5.05. The number of halogens is 1. The molecule has 0 spiro atoms. The smallest absolute Gasteiger partial charge is 0.254 e. The summed E-state index contributed by atoms with van der Waals surface area (Å²) >= 11 is 6.01. The first-order valence-corrected chi connectivity index (χ1v) is 8.89. The molecule has 0 aliphatic carbocycles. The van der Waals surface area contributed by atoms with Crippen LogP contribution in [0.3, 0.4) is 0 Å². The van der Waals surface area contributed by atoms with Gasteiger partial charge in [0, 0.05) is 23.0 Å². The third-order valence-corrected chi connectivity index (χ3v) is 4.67. The highest BCUT2D eigenvalue weighted by Gasteiger charge is 2.30. The summed E-state index contributed by atoms with van der Waals surface area (Å²) in [7, 11) is 0. The van der Waals surface area contributed by atoms with Crippen LogP contribution in [0.2, 0.25) is 5.02 Å². The van der Waals surface area contributed by atoms with E-state index in [0.29, 0.717) is 16.3 Å². The predicted molar refractivity (Wildman–Crippen MR) is 101 cm³/mol. The van der Waals surface area contributed by atoms with Gasteiger partial charge in [0.05, 0.1) is 6.04 Å². The molecule has 0 saturated carbocycles. The van der Waals surface area contributed by atoms with Crippen molar-refractivity contribution in [1.29, 1.82) is 0 Å². The average Bonchev–Trinajstić information content (AvgIpc) is 2.73. The van der Waals surface area contributed by atoms with E-state index in [1.807, 2.05) is 48.5 Å². The molecule has 2 atom stereocenters. The highest BCUT2D eigenvalue weighted by Crippen LogP contribution is 2.33. The van der Waals surface area contributed by atoms with Crippen molar-refractivity contribution in [3.05, 3.63) is 94.8 Å². The summed E-state index contributed by atoms with van der Waals surface area (Å²) in [6, 6.07) is 18.2. The van der Waals surface area contributed by atoms with Crippen LogP contribution in [0.1, 0.15) is 28.8 Å². The van der Waals surface area contributed by atoms with Crippen molar-refractivity contribution in [2.24, 2.45) is 0 Å². The number of rotatable bonds is 4. The Morgan fingerprint density at radius 1 is 1.04 bits per heavy atom. The Hall–Kier alpha value is -2.89. The van der Waals surface area contributed by atoms with Crippen LogP contribution in [0, 0.1) is 0 Å². The van der Waals surface area contributed by atoms with Crippen molar-refractivity contribution in [3.8, 4) is 5.75 Å². The number of para-hydroxylation sites is 1. The molecule has 0 unspecified atom stereocenters. The summed E-state index contributed by atoms with van der Waals surface area (Å²) in [5, 5.41) is 3.73. The average molecular weight is 381 g/mol. The molecule has 3 aromatic rings. The normalized spacial score (nSPS) is 16.7. The molecule has 0 bridgehead atoms. The van der Waals surface area contributed by atoms with Gasteiger partial charge in [-0.05, 0) is 41.5 Å². The standard InChI is InChI=1S/C21H17ClN2O3/c22-16-7-5-14(6-8-16)19(15-9-11-23-12-10-15)24-21(25)20-17-3-1-2-4-18(17)26-13-27-20/h1-12,19-20H,13H2,(H,24,25)/t19-,20+/m1/s1. The van der Waals surface area contributed by atoms with Gasteiger partial charge in [-0.1, -0.05) is 41.9 Å². The van der Waals surface area contributed by atoms with Crippen LogP contribution >= 0.6 is 11.6 Å². The fourth-order valence-electron chi connectivity index (χ4n) is 3.09. The number of hydrogen-bond acceptors (Lipinski definition) is 4. The second-order valence-electron chi connectivity index (χ2n) is 6.12. The maximum absolute atomic E-state index is 13.1. The highest BCUT2D eigenvalue weighted by molar-refractivity contribution is 6.30. The van der Waals surface area contributed by atoms with Crippen LogP contribution in [0.15, 0.2) is 73.1 Å². The van der Waals surface area contributed by atoms with Crippen molar-refractivity contribution in [2.75, 3.05) is 6.79 Å². The Labute approximate surface area is 161 Å². The number of aromatic nitrogens is 1. The summed E-state index contributed by atoms with van der Waals surface area (Å²) in [5.41, 5.74) is 2.55. The van der Waals surface area contributed by atoms with Gasteiger partial charge in [0.1, 0.15) is 5.75 Å². The van der Waals surface area contributed by atoms with Gasteiger partial charge < -0.3 is 14.8 Å². The molecular weight excluding hydrogens is 364 g/mol. The van der Waals surface area contributed by atoms with Crippen molar-refractivity contribution in [2.45, 2.75) is 12.1 Å². The van der Waals surface area contributed by atoms with Gasteiger partial charge in [-0.3, -0.25) is 9.78 Å². The lowest BCUT2D eigenvalue weighted by atomic mass is 9.98. The van der Waals surface area contributed by atoms with E-state index in [0.717, 1.165) is 11.1 Å². The van der Waals surface area contributed by atoms with E-state index < -0.39 is 6.10 Å². The third-order valence-electron chi connectivity index (χ3n) is 4.42. The quantitative estimate of drug-likeness (QED) is 0.741. The monoisotopic (exact) mass is 380 g/mol. The zero-order valence-corrected chi connectivity index (χ0v) is 15.1. The number of nitrogens with one attached hydrogen (secondary N) is 1. The van der Waals surface area contributed by atoms with E-state index in [1.165, 1.54) is 0 Å². The molecule has 0 fully saturated rings. The predicted octanol–water partition coefficient (Wildman–Crippen LogP) is 4.05. The second-order valence-corrected chi connectivity index (χ2v) is 6.56. The largest absolute Gasteiger partial charge is 0.467 e. The molecule has 1 aliphatic heterocycles. The fraction of sp³-hybridized carbons (Fsp3) is 0.143. The molecule has 2 aromatic carbocycles. The topological polar surface area (TPSA) is 60.5 Å². The SMILES string of the molecule is O=C(N[C@@H](c1ccncc1)c1ccc(Cl)cc1)[C@H]1OCOc2ccccc21. The number of ether oxygens (including phenoxy) is 2. The van der Waals surface area contributed by atoms with E-state index in [1.54, 1.807) is 24.5 Å². The Morgan fingerprint density at radius 2 is 1.74 bits per heavy atom. The van der Waals surface area contributed by atoms with E-state index >= 15 is 0 Å². The summed E-state index contributed by atoms with van der Waals surface area (Å²) in [4.78, 5) is 17.1. The first-order valence-electron chi connectivity index (χ1n) is 8.51. The summed E-state index contributed by atoms with van der Waals surface area (Å²) in [6.45, 7) is 0.0377. The van der Waals surface area contributed by atoms with E-state index in [4.69, 9.17) is 21.1 Å². The van der Waals surface area contributed by atoms with E-state index in [9.17, 15) is 4.79 Å². The molecule has 0 saturated heterocycles. The van der Waals surface area contributed by atoms with Crippen molar-refractivity contribution < 1.29 is 14.3 Å². The van der Waals surface area contributed by atoms with Gasteiger partial charge in [-0.25, -0.2) is 0 Å². The lowest BCUT2D eigenvalue weighted by Gasteiger charge is -2.28. The van der Waals surface area contributed by atoms with Crippen LogP contribution in [0.25, 0.3) is 0 Å². The zero-order valence-electron chi connectivity index (χ0n) is 14.3. The number of pyridine rings is 1. The van der Waals surface area contributed by atoms with Crippen LogP contribution < -0.4 is 10.1 Å². The van der Waals surface area contributed by atoms with Crippen molar-refractivity contribution in [3.63, 3.8) is 0 Å². The Bertz CT molecular complexity index is 932. The zero-order chi connectivity index (χ0) is 18.6. The van der Waals surface area contributed by atoms with Crippen LogP contribution in [-0.4, -0.2) is 17.7 Å². The molecule has 5 nitrogen and oxygen atoms in total. The number of carbonyl (C=O) groups is 1. The molecule has 1 aromatic heterocycles. The first kappa shape index (κ1) is 17.5. The number of hydrogen-bond donors (Lipinski definition) is 1. The number of nitrogens with zero attached hydrogens (tertiary/aromatic N) is 1. The van der Waals surface area contributed by atoms with Crippen LogP contribution in [0.5, 0.6) is 5.75 Å². The Balaban J connectivity index is 1.64. The summed E-state index contributed by atoms with van der Waals surface area (Å²) in [5.74, 6) is 0.429. The van der Waals surface area contributed by atoms with E-state index in [2.05, 4.69) is 10.3 Å². The lowest BCUT2D eigenvalue weighted by Crippen LogP contribution is -2.36. The molecule has 1 aliphatic rings. The van der Waals surface area contributed by atoms with Crippen molar-refractivity contribution >= 4 is 17.5 Å². The molecule has 6 heteroatoms. The summed E-state index contributed by atoms with van der Waals surface area (Å²) in [6.07, 6.45) is 2.67. The van der Waals surface area contributed by atoms with Crippen molar-refractivity contribution in [1.82, 2.24) is 10.3 Å². The first-order chi connectivity index (χ1) is 13.2. The number of benzene rings is 2. The third kappa shape index (κ3) is 3.79. The number of amides is 1. The van der Waals surface area contributed by atoms with Crippen LogP contribution in [-0.2, 0) is 9.53 Å².